The summed E-state index contributed by atoms with van der Waals surface area (Å²) in [5.41, 5.74) is 2.16. The van der Waals surface area contributed by atoms with Crippen LogP contribution in [0.3, 0.4) is 0 Å². The van der Waals surface area contributed by atoms with E-state index >= 15 is 0 Å². The average Bonchev–Trinajstić information content (AvgIpc) is 3.16. The summed E-state index contributed by atoms with van der Waals surface area (Å²) in [6.07, 6.45) is 0. The van der Waals surface area contributed by atoms with Gasteiger partial charge in [-0.3, -0.25) is 4.79 Å². The lowest BCUT2D eigenvalue weighted by molar-refractivity contribution is 0.0992. The van der Waals surface area contributed by atoms with Gasteiger partial charge in [-0.15, -0.1) is 0 Å². The Hall–Kier alpha value is -3.52. The van der Waals surface area contributed by atoms with Gasteiger partial charge >= 0.3 is 0 Å². The minimum atomic E-state index is -0.413. The van der Waals surface area contributed by atoms with Crippen molar-refractivity contribution in [1.82, 2.24) is 0 Å². The molecule has 0 aliphatic heterocycles. The molecule has 0 aliphatic carbocycles. The van der Waals surface area contributed by atoms with E-state index in [1.54, 1.807) is 36.4 Å². The number of carbonyl (C=O) groups is 1. The van der Waals surface area contributed by atoms with Crippen LogP contribution in [0, 0.1) is 11.3 Å². The fraction of sp³-hybridized carbons (Fsp3) is 0.217. The quantitative estimate of drug-likeness (QED) is 0.659. The molecule has 0 bridgehead atoms. The van der Waals surface area contributed by atoms with E-state index in [1.807, 2.05) is 30.3 Å². The molecular formula is C23H22N2O3. The fourth-order valence-electron chi connectivity index (χ4n) is 2.66. The summed E-state index contributed by atoms with van der Waals surface area (Å²) in [6.45, 7) is 6.70. The summed E-state index contributed by atoms with van der Waals surface area (Å²) in [6, 6.07) is 20.1. The minimum absolute atomic E-state index is 0.0893. The molecule has 1 aromatic heterocycles. The van der Waals surface area contributed by atoms with Crippen LogP contribution in [-0.2, 0) is 12.0 Å². The first-order valence-electron chi connectivity index (χ1n) is 8.99. The van der Waals surface area contributed by atoms with Crippen LogP contribution >= 0.6 is 0 Å². The molecule has 3 aromatic rings. The van der Waals surface area contributed by atoms with Gasteiger partial charge in [0, 0.05) is 0 Å². The van der Waals surface area contributed by atoms with Crippen molar-refractivity contribution < 1.29 is 13.9 Å². The van der Waals surface area contributed by atoms with Crippen molar-refractivity contribution in [3.05, 3.63) is 83.3 Å². The Morgan fingerprint density at radius 3 is 2.46 bits per heavy atom. The number of amides is 1. The second-order valence-electron chi connectivity index (χ2n) is 7.44. The molecule has 1 heterocycles. The number of hydrogen-bond acceptors (Lipinski definition) is 4. The van der Waals surface area contributed by atoms with Crippen molar-refractivity contribution in [3.8, 4) is 11.8 Å². The fourth-order valence-corrected chi connectivity index (χ4v) is 2.66. The zero-order valence-electron chi connectivity index (χ0n) is 16.2. The largest absolute Gasteiger partial charge is 0.486 e. The Labute approximate surface area is 164 Å². The molecule has 5 heteroatoms. The predicted molar refractivity (Wildman–Crippen MR) is 107 cm³/mol. The van der Waals surface area contributed by atoms with Gasteiger partial charge in [-0.25, -0.2) is 0 Å². The molecule has 0 aliphatic rings. The number of nitrogens with one attached hydrogen (secondary N) is 1. The first kappa shape index (κ1) is 19.2. The molecule has 3 rings (SSSR count). The Balaban J connectivity index is 1.61. The van der Waals surface area contributed by atoms with E-state index in [1.165, 1.54) is 5.56 Å². The Bertz CT molecular complexity index is 1010. The van der Waals surface area contributed by atoms with Crippen LogP contribution in [0.15, 0.2) is 65.1 Å². The number of nitrogens with zero attached hydrogens (tertiary/aromatic N) is 1. The number of hydrogen-bond donors (Lipinski definition) is 1. The van der Waals surface area contributed by atoms with Crippen LogP contribution in [0.1, 0.15) is 48.2 Å². The molecule has 0 spiro atoms. The van der Waals surface area contributed by atoms with Crippen molar-refractivity contribution in [2.24, 2.45) is 0 Å². The van der Waals surface area contributed by atoms with E-state index < -0.39 is 5.91 Å². The zero-order valence-corrected chi connectivity index (χ0v) is 16.2. The lowest BCUT2D eigenvalue weighted by atomic mass is 9.87. The summed E-state index contributed by atoms with van der Waals surface area (Å²) in [4.78, 5) is 12.3. The molecule has 5 nitrogen and oxygen atoms in total. The SMILES string of the molecule is CC(C)(C)c1ccc(OCc2ccc(C(=O)Nc3ccccc3C#N)o2)cc1. The molecular weight excluding hydrogens is 352 g/mol. The molecule has 28 heavy (non-hydrogen) atoms. The highest BCUT2D eigenvalue weighted by molar-refractivity contribution is 6.03. The average molecular weight is 374 g/mol. The number of carbonyl (C=O) groups excluding carboxylic acids is 1. The number of rotatable bonds is 5. The summed E-state index contributed by atoms with van der Waals surface area (Å²) < 4.78 is 11.3. The van der Waals surface area contributed by atoms with E-state index in [2.05, 4.69) is 26.1 Å². The monoisotopic (exact) mass is 374 g/mol. The van der Waals surface area contributed by atoms with Crippen LogP contribution in [0.2, 0.25) is 0 Å². The number of ether oxygens (including phenoxy) is 1. The smallest absolute Gasteiger partial charge is 0.291 e. The third kappa shape index (κ3) is 4.60. The Morgan fingerprint density at radius 2 is 1.79 bits per heavy atom. The van der Waals surface area contributed by atoms with E-state index in [9.17, 15) is 4.79 Å². The van der Waals surface area contributed by atoms with E-state index in [4.69, 9.17) is 14.4 Å². The number of para-hydroxylation sites is 1. The molecule has 0 radical (unpaired) electrons. The van der Waals surface area contributed by atoms with Gasteiger partial charge in [-0.05, 0) is 47.4 Å². The number of benzene rings is 2. The molecule has 142 valence electrons. The highest BCUT2D eigenvalue weighted by Crippen LogP contribution is 2.25. The maximum Gasteiger partial charge on any atom is 0.291 e. The maximum absolute atomic E-state index is 12.3. The summed E-state index contributed by atoms with van der Waals surface area (Å²) in [5.74, 6) is 1.02. The highest BCUT2D eigenvalue weighted by atomic mass is 16.5. The van der Waals surface area contributed by atoms with Crippen molar-refractivity contribution >= 4 is 11.6 Å². The molecule has 0 saturated heterocycles. The van der Waals surface area contributed by atoms with Crippen molar-refractivity contribution in [2.45, 2.75) is 32.8 Å². The van der Waals surface area contributed by atoms with E-state index in [0.29, 0.717) is 17.0 Å². The molecule has 0 atom stereocenters. The second kappa shape index (κ2) is 8.01. The minimum Gasteiger partial charge on any atom is -0.486 e. The van der Waals surface area contributed by atoms with Gasteiger partial charge in [0.2, 0.25) is 0 Å². The molecule has 1 amide bonds. The van der Waals surface area contributed by atoms with Crippen LogP contribution in [0.4, 0.5) is 5.69 Å². The highest BCUT2D eigenvalue weighted by Gasteiger charge is 2.15. The summed E-state index contributed by atoms with van der Waals surface area (Å²) in [5, 5.41) is 11.8. The van der Waals surface area contributed by atoms with Gasteiger partial charge in [0.05, 0.1) is 11.3 Å². The topological polar surface area (TPSA) is 75.3 Å². The van der Waals surface area contributed by atoms with Gasteiger partial charge in [0.25, 0.3) is 5.91 Å². The molecule has 0 saturated carbocycles. The number of anilines is 1. The third-order valence-electron chi connectivity index (χ3n) is 4.28. The summed E-state index contributed by atoms with van der Waals surface area (Å²) >= 11 is 0. The molecule has 0 fully saturated rings. The molecule has 2 aromatic carbocycles. The van der Waals surface area contributed by atoms with Crippen LogP contribution in [0.5, 0.6) is 5.75 Å². The van der Waals surface area contributed by atoms with Crippen molar-refractivity contribution in [2.75, 3.05) is 5.32 Å². The normalized spacial score (nSPS) is 10.9. The second-order valence-corrected chi connectivity index (χ2v) is 7.44. The van der Waals surface area contributed by atoms with Gasteiger partial charge in [-0.2, -0.15) is 5.26 Å². The maximum atomic E-state index is 12.3. The van der Waals surface area contributed by atoms with Crippen LogP contribution < -0.4 is 10.1 Å². The number of nitriles is 1. The third-order valence-corrected chi connectivity index (χ3v) is 4.28. The van der Waals surface area contributed by atoms with Crippen LogP contribution in [0.25, 0.3) is 0 Å². The van der Waals surface area contributed by atoms with E-state index in [-0.39, 0.29) is 17.8 Å². The van der Waals surface area contributed by atoms with Crippen LogP contribution in [-0.4, -0.2) is 5.91 Å². The van der Waals surface area contributed by atoms with Gasteiger partial charge < -0.3 is 14.5 Å². The predicted octanol–water partition coefficient (Wildman–Crippen LogP) is 5.28. The van der Waals surface area contributed by atoms with E-state index in [0.717, 1.165) is 5.75 Å². The zero-order chi connectivity index (χ0) is 20.1. The standard InChI is InChI=1S/C23H22N2O3/c1-23(2,3)17-8-10-18(11-9-17)27-15-19-12-13-21(28-19)22(26)25-20-7-5-4-6-16(20)14-24/h4-13H,15H2,1-3H3,(H,25,26). The first-order chi connectivity index (χ1) is 13.4. The van der Waals surface area contributed by atoms with Gasteiger partial charge in [0.1, 0.15) is 24.2 Å². The first-order valence-corrected chi connectivity index (χ1v) is 8.99. The Morgan fingerprint density at radius 1 is 1.07 bits per heavy atom. The summed E-state index contributed by atoms with van der Waals surface area (Å²) in [7, 11) is 0. The lowest BCUT2D eigenvalue weighted by Crippen LogP contribution is -2.12. The number of furan rings is 1. The van der Waals surface area contributed by atoms with Gasteiger partial charge in [-0.1, -0.05) is 45.0 Å². The lowest BCUT2D eigenvalue weighted by Gasteiger charge is -2.19. The molecule has 0 unspecified atom stereocenters. The van der Waals surface area contributed by atoms with Crippen molar-refractivity contribution in [1.29, 1.82) is 5.26 Å². The Kier molecular flexibility index (Phi) is 5.51. The van der Waals surface area contributed by atoms with Gasteiger partial charge in [0.15, 0.2) is 5.76 Å². The van der Waals surface area contributed by atoms with Crippen molar-refractivity contribution in [3.63, 3.8) is 0 Å². The molecule has 1 N–H and O–H groups in total.